The molecule has 0 rings (SSSR count). The van der Waals surface area contributed by atoms with Gasteiger partial charge in [-0.2, -0.15) is 0 Å². The third kappa shape index (κ3) is 66.1. The summed E-state index contributed by atoms with van der Waals surface area (Å²) in [5.74, 6) is -0.874. The number of hydrogen-bond donors (Lipinski definition) is 0. The molecule has 0 radical (unpaired) electrons. The van der Waals surface area contributed by atoms with Gasteiger partial charge in [-0.3, -0.25) is 14.4 Å². The summed E-state index contributed by atoms with van der Waals surface area (Å²) in [6.45, 7) is 6.67. The van der Waals surface area contributed by atoms with Crippen LogP contribution in [0.15, 0.2) is 48.6 Å². The number of allylic oxidation sites excluding steroid dienone is 8. The first-order chi connectivity index (χ1) is 39.0. The van der Waals surface area contributed by atoms with Crippen LogP contribution in [0.5, 0.6) is 0 Å². The van der Waals surface area contributed by atoms with Crippen molar-refractivity contribution in [3.8, 4) is 0 Å². The van der Waals surface area contributed by atoms with Crippen LogP contribution in [0.3, 0.4) is 0 Å². The standard InChI is InChI=1S/C73H134O6/c1-4-7-10-13-16-19-22-25-28-30-32-34-35-36-37-39-40-42-45-48-51-54-57-60-63-66-72(75)78-69-70(68-77-71(74)65-62-59-56-53-50-47-44-27-24-21-18-15-12-9-6-3)79-73(76)67-64-61-58-55-52-49-46-43-41-38-33-31-29-26-23-20-17-14-11-8-5-2/h23,26-27,31,33,41,43-44,70H,4-22,24-25,28-30,32,34-40,42,45-69H2,1-3H3/b26-23-,33-31-,43-41-,44-27-. The van der Waals surface area contributed by atoms with Crippen molar-refractivity contribution < 1.29 is 28.6 Å². The van der Waals surface area contributed by atoms with E-state index in [9.17, 15) is 14.4 Å². The molecule has 0 aliphatic rings. The van der Waals surface area contributed by atoms with Crippen LogP contribution >= 0.6 is 0 Å². The maximum atomic E-state index is 12.9. The zero-order valence-electron chi connectivity index (χ0n) is 53.2. The summed E-state index contributed by atoms with van der Waals surface area (Å²) < 4.78 is 17.0. The summed E-state index contributed by atoms with van der Waals surface area (Å²) >= 11 is 0. The van der Waals surface area contributed by atoms with Gasteiger partial charge in [-0.15, -0.1) is 0 Å². The zero-order chi connectivity index (χ0) is 57.1. The second-order valence-corrected chi connectivity index (χ2v) is 23.8. The van der Waals surface area contributed by atoms with Gasteiger partial charge in [-0.05, 0) is 83.5 Å². The molecular weight excluding hydrogens is 973 g/mol. The highest BCUT2D eigenvalue weighted by molar-refractivity contribution is 5.71. The maximum absolute atomic E-state index is 12.9. The SMILES string of the molecule is CCCCCCC/C=C\C/C=C\C/C=C\CCCCCCCCC(=O)OC(COC(=O)CCCCCCC/C=C\CCCCCCCC)COC(=O)CCCCCCCCCCCCCCCCCCCCCCCCCCC. The molecule has 0 spiro atoms. The Balaban J connectivity index is 4.30. The molecule has 0 saturated heterocycles. The Bertz CT molecular complexity index is 1360. The molecule has 1 unspecified atom stereocenters. The average molecular weight is 1110 g/mol. The van der Waals surface area contributed by atoms with E-state index in [-0.39, 0.29) is 31.1 Å². The Hall–Kier alpha value is -2.63. The lowest BCUT2D eigenvalue weighted by atomic mass is 10.0. The monoisotopic (exact) mass is 1110 g/mol. The summed E-state index contributed by atoms with van der Waals surface area (Å²) in [5.41, 5.74) is 0. The molecular formula is C73H134O6. The fraction of sp³-hybridized carbons (Fsp3) is 0.849. The number of carbonyl (C=O) groups is 3. The summed E-state index contributed by atoms with van der Waals surface area (Å²) in [7, 11) is 0. The highest BCUT2D eigenvalue weighted by atomic mass is 16.6. The van der Waals surface area contributed by atoms with Gasteiger partial charge in [-0.25, -0.2) is 0 Å². The molecule has 0 aromatic rings. The van der Waals surface area contributed by atoms with Crippen molar-refractivity contribution in [2.75, 3.05) is 13.2 Å². The number of rotatable bonds is 65. The minimum Gasteiger partial charge on any atom is -0.462 e. The van der Waals surface area contributed by atoms with Crippen molar-refractivity contribution >= 4 is 17.9 Å². The van der Waals surface area contributed by atoms with E-state index in [1.807, 2.05) is 0 Å². The molecule has 6 nitrogen and oxygen atoms in total. The van der Waals surface area contributed by atoms with E-state index >= 15 is 0 Å². The van der Waals surface area contributed by atoms with Gasteiger partial charge in [0.25, 0.3) is 0 Å². The normalized spacial score (nSPS) is 12.3. The molecule has 79 heavy (non-hydrogen) atoms. The van der Waals surface area contributed by atoms with Crippen molar-refractivity contribution in [2.45, 2.75) is 386 Å². The summed E-state index contributed by atoms with van der Waals surface area (Å²) in [5, 5.41) is 0. The Kier molecular flexibility index (Phi) is 65.6. The van der Waals surface area contributed by atoms with Crippen LogP contribution in [0, 0.1) is 0 Å². The molecule has 1 atom stereocenters. The van der Waals surface area contributed by atoms with Gasteiger partial charge in [0.05, 0.1) is 0 Å². The van der Waals surface area contributed by atoms with Crippen molar-refractivity contribution in [1.29, 1.82) is 0 Å². The fourth-order valence-electron chi connectivity index (χ4n) is 10.5. The van der Waals surface area contributed by atoms with Crippen LogP contribution < -0.4 is 0 Å². The van der Waals surface area contributed by atoms with E-state index in [0.717, 1.165) is 83.5 Å². The minimum atomic E-state index is -0.783. The number of hydrogen-bond acceptors (Lipinski definition) is 6. The van der Waals surface area contributed by atoms with E-state index in [4.69, 9.17) is 14.2 Å². The number of carbonyl (C=O) groups excluding carboxylic acids is 3. The molecule has 6 heteroatoms. The molecule has 0 fully saturated rings. The maximum Gasteiger partial charge on any atom is 0.306 e. The lowest BCUT2D eigenvalue weighted by Crippen LogP contribution is -2.30. The van der Waals surface area contributed by atoms with Crippen molar-refractivity contribution in [3.63, 3.8) is 0 Å². The average Bonchev–Trinajstić information content (AvgIpc) is 3.45. The van der Waals surface area contributed by atoms with Crippen LogP contribution in [-0.4, -0.2) is 37.2 Å². The van der Waals surface area contributed by atoms with E-state index in [1.165, 1.54) is 257 Å². The minimum absolute atomic E-state index is 0.0773. The quantitative estimate of drug-likeness (QED) is 0.0261. The Morgan fingerprint density at radius 1 is 0.253 bits per heavy atom. The second kappa shape index (κ2) is 67.9. The molecule has 0 aromatic heterocycles. The van der Waals surface area contributed by atoms with Crippen molar-refractivity contribution in [3.05, 3.63) is 48.6 Å². The van der Waals surface area contributed by atoms with Gasteiger partial charge in [0.2, 0.25) is 0 Å². The molecule has 0 heterocycles. The highest BCUT2D eigenvalue weighted by Crippen LogP contribution is 2.18. The number of esters is 3. The van der Waals surface area contributed by atoms with Crippen LogP contribution in [0.25, 0.3) is 0 Å². The molecule has 0 aliphatic carbocycles. The third-order valence-electron chi connectivity index (χ3n) is 15.8. The van der Waals surface area contributed by atoms with E-state index < -0.39 is 6.10 Å². The lowest BCUT2D eigenvalue weighted by molar-refractivity contribution is -0.167. The Labute approximate surface area is 492 Å². The molecule has 0 amide bonds. The summed E-state index contributed by atoms with van der Waals surface area (Å²) in [6.07, 6.45) is 85.6. The number of unbranched alkanes of at least 4 members (excludes halogenated alkanes) is 46. The molecule has 462 valence electrons. The summed E-state index contributed by atoms with van der Waals surface area (Å²) in [4.78, 5) is 38.4. The van der Waals surface area contributed by atoms with Crippen LogP contribution in [0.1, 0.15) is 380 Å². The molecule has 0 bridgehead atoms. The Morgan fingerprint density at radius 2 is 0.456 bits per heavy atom. The molecule has 0 aromatic carbocycles. The van der Waals surface area contributed by atoms with Crippen LogP contribution in [0.4, 0.5) is 0 Å². The first kappa shape index (κ1) is 76.4. The van der Waals surface area contributed by atoms with E-state index in [2.05, 4.69) is 69.4 Å². The molecule has 0 aliphatic heterocycles. The van der Waals surface area contributed by atoms with Gasteiger partial charge in [-0.1, -0.05) is 326 Å². The molecule has 0 N–H and O–H groups in total. The van der Waals surface area contributed by atoms with Crippen LogP contribution in [0.2, 0.25) is 0 Å². The smallest absolute Gasteiger partial charge is 0.306 e. The van der Waals surface area contributed by atoms with E-state index in [0.29, 0.717) is 19.3 Å². The second-order valence-electron chi connectivity index (χ2n) is 23.8. The lowest BCUT2D eigenvalue weighted by Gasteiger charge is -2.18. The predicted octanol–water partition coefficient (Wildman–Crippen LogP) is 24.1. The fourth-order valence-corrected chi connectivity index (χ4v) is 10.5. The Morgan fingerprint density at radius 3 is 0.722 bits per heavy atom. The largest absolute Gasteiger partial charge is 0.462 e. The number of ether oxygens (including phenoxy) is 3. The first-order valence-corrected chi connectivity index (χ1v) is 35.1. The van der Waals surface area contributed by atoms with Crippen molar-refractivity contribution in [1.82, 2.24) is 0 Å². The highest BCUT2D eigenvalue weighted by Gasteiger charge is 2.19. The van der Waals surface area contributed by atoms with E-state index in [1.54, 1.807) is 0 Å². The van der Waals surface area contributed by atoms with Gasteiger partial charge in [0.1, 0.15) is 13.2 Å². The predicted molar refractivity (Wildman–Crippen MR) is 344 cm³/mol. The third-order valence-corrected chi connectivity index (χ3v) is 15.8. The topological polar surface area (TPSA) is 78.9 Å². The van der Waals surface area contributed by atoms with Gasteiger partial charge < -0.3 is 14.2 Å². The zero-order valence-corrected chi connectivity index (χ0v) is 53.2. The molecule has 0 saturated carbocycles. The van der Waals surface area contributed by atoms with Gasteiger partial charge >= 0.3 is 17.9 Å². The van der Waals surface area contributed by atoms with Gasteiger partial charge in [0, 0.05) is 19.3 Å². The van der Waals surface area contributed by atoms with Crippen LogP contribution in [-0.2, 0) is 28.6 Å². The first-order valence-electron chi connectivity index (χ1n) is 35.1. The van der Waals surface area contributed by atoms with Gasteiger partial charge in [0.15, 0.2) is 6.10 Å². The van der Waals surface area contributed by atoms with Crippen molar-refractivity contribution in [2.24, 2.45) is 0 Å². The summed E-state index contributed by atoms with van der Waals surface area (Å²) in [6, 6.07) is 0.